The maximum Gasteiger partial charge on any atom is 0.0210 e. The Kier molecular flexibility index (Phi) is 10.4. The van der Waals surface area contributed by atoms with E-state index >= 15 is 0 Å². The minimum atomic E-state index is 0.0678. The van der Waals surface area contributed by atoms with Crippen molar-refractivity contribution in [1.29, 1.82) is 0 Å². The van der Waals surface area contributed by atoms with Crippen LogP contribution < -0.4 is 0 Å². The molecule has 0 heteroatoms. The van der Waals surface area contributed by atoms with Gasteiger partial charge in [-0.25, -0.2) is 0 Å². The molecule has 1 fully saturated rings. The van der Waals surface area contributed by atoms with E-state index in [1.807, 2.05) is 39.8 Å². The molecule has 1 saturated carbocycles. The van der Waals surface area contributed by atoms with Crippen molar-refractivity contribution >= 4 is 0 Å². The summed E-state index contributed by atoms with van der Waals surface area (Å²) in [7, 11) is 0. The van der Waals surface area contributed by atoms with Gasteiger partial charge in [-0.2, -0.15) is 0 Å². The van der Waals surface area contributed by atoms with E-state index in [9.17, 15) is 0 Å². The van der Waals surface area contributed by atoms with E-state index in [4.69, 9.17) is 0 Å². The lowest BCUT2D eigenvalue weighted by atomic mass is 9.55. The molecule has 1 aliphatic carbocycles. The third-order valence-corrected chi connectivity index (χ3v) is 4.77. The molecule has 0 heterocycles. The van der Waals surface area contributed by atoms with Crippen molar-refractivity contribution in [2.24, 2.45) is 11.3 Å². The van der Waals surface area contributed by atoms with E-state index < -0.39 is 0 Å². The van der Waals surface area contributed by atoms with Crippen molar-refractivity contribution in [3.63, 3.8) is 0 Å². The topological polar surface area (TPSA) is 0 Å². The summed E-state index contributed by atoms with van der Waals surface area (Å²) in [6.45, 7) is 23.2. The van der Waals surface area contributed by atoms with Gasteiger partial charge in [0.2, 0.25) is 0 Å². The second-order valence-electron chi connectivity index (χ2n) is 7.36. The number of hydrogen-bond acceptors (Lipinski definition) is 0. The van der Waals surface area contributed by atoms with Crippen molar-refractivity contribution in [2.75, 3.05) is 0 Å². The lowest BCUT2D eigenvalue weighted by Crippen LogP contribution is -2.41. The molecule has 0 bridgehead atoms. The Morgan fingerprint density at radius 1 is 1.00 bits per heavy atom. The predicted molar refractivity (Wildman–Crippen MR) is 116 cm³/mol. The molecule has 2 unspecified atom stereocenters. The number of allylic oxidation sites excluding steroid dienone is 4. The smallest absolute Gasteiger partial charge is 0.0210 e. The Morgan fingerprint density at radius 2 is 1.56 bits per heavy atom. The summed E-state index contributed by atoms with van der Waals surface area (Å²) in [6, 6.07) is 10.9. The van der Waals surface area contributed by atoms with Crippen molar-refractivity contribution in [3.05, 3.63) is 72.9 Å². The fraction of sp³-hybridized carbons (Fsp3) is 0.520. The van der Waals surface area contributed by atoms with Gasteiger partial charge in [0.15, 0.2) is 0 Å². The fourth-order valence-corrected chi connectivity index (χ4v) is 4.49. The molecular formula is C25H40. The van der Waals surface area contributed by atoms with Gasteiger partial charge in [0.1, 0.15) is 0 Å². The average Bonchev–Trinajstić information content (AvgIpc) is 2.62. The highest BCUT2D eigenvalue weighted by Gasteiger charge is 2.45. The minimum absolute atomic E-state index is 0.0678. The first-order chi connectivity index (χ1) is 11.9. The highest BCUT2D eigenvalue weighted by molar-refractivity contribution is 5.44. The van der Waals surface area contributed by atoms with Crippen LogP contribution in [0.5, 0.6) is 0 Å². The molecule has 1 aromatic carbocycles. The first kappa shape index (κ1) is 23.4. The molecule has 140 valence electrons. The van der Waals surface area contributed by atoms with Gasteiger partial charge in [0, 0.05) is 5.41 Å². The predicted octanol–water partition coefficient (Wildman–Crippen LogP) is 8.12. The lowest BCUT2D eigenvalue weighted by molar-refractivity contribution is 0.126. The normalized spacial score (nSPS) is 24.8. The van der Waals surface area contributed by atoms with Crippen LogP contribution in [0, 0.1) is 11.3 Å². The molecule has 0 amide bonds. The SMILES string of the molecule is C=C/C=C(\C=C)C1(c2ccccc2)CC(C)CC(C)(C)C1.CC.CC. The average molecular weight is 341 g/mol. The van der Waals surface area contributed by atoms with E-state index in [1.54, 1.807) is 0 Å². The highest BCUT2D eigenvalue weighted by atomic mass is 14.5. The zero-order chi connectivity index (χ0) is 19.5. The van der Waals surface area contributed by atoms with Crippen LogP contribution in [0.4, 0.5) is 0 Å². The molecule has 0 nitrogen and oxygen atoms in total. The first-order valence-electron chi connectivity index (χ1n) is 9.95. The zero-order valence-corrected chi connectivity index (χ0v) is 17.7. The summed E-state index contributed by atoms with van der Waals surface area (Å²) in [5.74, 6) is 0.710. The van der Waals surface area contributed by atoms with E-state index in [1.165, 1.54) is 30.4 Å². The standard InChI is InChI=1S/C21H28.2C2H6/c1-6-11-18(7-2)21(19-12-9-8-10-13-19)15-17(3)14-20(4,5)16-21;2*1-2/h6-13,17H,1-2,14-16H2,3-5H3;2*1-2H3/b18-11+;;. The summed E-state index contributed by atoms with van der Waals surface area (Å²) < 4.78 is 0. The molecule has 0 aromatic heterocycles. The van der Waals surface area contributed by atoms with Crippen molar-refractivity contribution in [3.8, 4) is 0 Å². The summed E-state index contributed by atoms with van der Waals surface area (Å²) in [4.78, 5) is 0. The second-order valence-corrected chi connectivity index (χ2v) is 7.36. The van der Waals surface area contributed by atoms with E-state index in [2.05, 4.69) is 70.3 Å². The van der Waals surface area contributed by atoms with E-state index in [0.717, 1.165) is 0 Å². The first-order valence-corrected chi connectivity index (χ1v) is 9.95. The molecule has 0 spiro atoms. The molecule has 0 saturated heterocycles. The van der Waals surface area contributed by atoms with Gasteiger partial charge >= 0.3 is 0 Å². The van der Waals surface area contributed by atoms with Crippen LogP contribution in [0.2, 0.25) is 0 Å². The Labute approximate surface area is 157 Å². The minimum Gasteiger partial charge on any atom is -0.0991 e. The van der Waals surface area contributed by atoms with Gasteiger partial charge < -0.3 is 0 Å². The van der Waals surface area contributed by atoms with Crippen molar-refractivity contribution < 1.29 is 0 Å². The monoisotopic (exact) mass is 340 g/mol. The number of benzene rings is 1. The molecule has 1 aliphatic rings. The van der Waals surface area contributed by atoms with Gasteiger partial charge in [-0.15, -0.1) is 0 Å². The Morgan fingerprint density at radius 3 is 2.00 bits per heavy atom. The Bertz CT molecular complexity index is 532. The van der Waals surface area contributed by atoms with E-state index in [-0.39, 0.29) is 5.41 Å². The lowest BCUT2D eigenvalue weighted by Gasteiger charge is -2.49. The van der Waals surface area contributed by atoms with Crippen LogP contribution in [0.3, 0.4) is 0 Å². The third-order valence-electron chi connectivity index (χ3n) is 4.77. The summed E-state index contributed by atoms with van der Waals surface area (Å²) >= 11 is 0. The molecule has 2 atom stereocenters. The molecule has 0 aliphatic heterocycles. The molecule has 25 heavy (non-hydrogen) atoms. The number of rotatable bonds is 4. The largest absolute Gasteiger partial charge is 0.0991 e. The van der Waals surface area contributed by atoms with Crippen molar-refractivity contribution in [1.82, 2.24) is 0 Å². The number of hydrogen-bond donors (Lipinski definition) is 0. The summed E-state index contributed by atoms with van der Waals surface area (Å²) in [6.07, 6.45) is 9.72. The van der Waals surface area contributed by atoms with Crippen LogP contribution in [0.1, 0.15) is 73.3 Å². The van der Waals surface area contributed by atoms with Crippen LogP contribution in [0.25, 0.3) is 0 Å². The third kappa shape index (κ3) is 6.03. The Hall–Kier alpha value is -1.56. The maximum absolute atomic E-state index is 4.08. The molecular weight excluding hydrogens is 300 g/mol. The molecule has 0 radical (unpaired) electrons. The van der Waals surface area contributed by atoms with E-state index in [0.29, 0.717) is 11.3 Å². The van der Waals surface area contributed by atoms with Crippen LogP contribution >= 0.6 is 0 Å². The zero-order valence-electron chi connectivity index (χ0n) is 17.7. The van der Waals surface area contributed by atoms with Gasteiger partial charge in [-0.1, -0.05) is 110 Å². The van der Waals surface area contributed by atoms with Crippen molar-refractivity contribution in [2.45, 2.75) is 73.1 Å². The molecule has 2 rings (SSSR count). The van der Waals surface area contributed by atoms with Gasteiger partial charge in [-0.05, 0) is 41.7 Å². The Balaban J connectivity index is 0.00000134. The quantitative estimate of drug-likeness (QED) is 0.485. The maximum atomic E-state index is 4.08. The fourth-order valence-electron chi connectivity index (χ4n) is 4.49. The van der Waals surface area contributed by atoms with Crippen LogP contribution in [0.15, 0.2) is 67.3 Å². The summed E-state index contributed by atoms with van der Waals surface area (Å²) in [5.41, 5.74) is 3.13. The highest BCUT2D eigenvalue weighted by Crippen LogP contribution is 2.53. The van der Waals surface area contributed by atoms with Crippen LogP contribution in [-0.4, -0.2) is 0 Å². The second kappa shape index (κ2) is 11.1. The molecule has 0 N–H and O–H groups in total. The van der Waals surface area contributed by atoms with Crippen LogP contribution in [-0.2, 0) is 5.41 Å². The van der Waals surface area contributed by atoms with Gasteiger partial charge in [-0.3, -0.25) is 0 Å². The summed E-state index contributed by atoms with van der Waals surface area (Å²) in [5, 5.41) is 0. The van der Waals surface area contributed by atoms with Gasteiger partial charge in [0.25, 0.3) is 0 Å². The van der Waals surface area contributed by atoms with Gasteiger partial charge in [0.05, 0.1) is 0 Å². The molecule has 1 aromatic rings.